The number of hydrogen-bond donors (Lipinski definition) is 1. The molecule has 0 amide bonds. The zero-order chi connectivity index (χ0) is 14.7. The first-order valence-corrected chi connectivity index (χ1v) is 8.09. The molecule has 1 aliphatic heterocycles. The molecule has 0 saturated carbocycles. The molecule has 6 heteroatoms. The zero-order valence-corrected chi connectivity index (χ0v) is 13.6. The summed E-state index contributed by atoms with van der Waals surface area (Å²) >= 11 is 3.46. The molecule has 1 fully saturated rings. The lowest BCUT2D eigenvalue weighted by Crippen LogP contribution is -2.57. The molecule has 5 nitrogen and oxygen atoms in total. The summed E-state index contributed by atoms with van der Waals surface area (Å²) in [5.74, 6) is 1.33. The average molecular weight is 351 g/mol. The van der Waals surface area contributed by atoms with Crippen LogP contribution in [0.15, 0.2) is 33.3 Å². The molecule has 3 rings (SSSR count). The summed E-state index contributed by atoms with van der Waals surface area (Å²) in [4.78, 5) is 6.94. The topological polar surface area (TPSA) is 54.2 Å². The van der Waals surface area contributed by atoms with Gasteiger partial charge < -0.3 is 9.84 Å². The Kier molecular flexibility index (Phi) is 4.67. The molecule has 0 aliphatic carbocycles. The SMILES string of the molecule is CCCN(Cc1nc(-c2cccc(Br)c2)no1)C1CNC1. The Hall–Kier alpha value is -1.24. The molecule has 112 valence electrons. The molecule has 2 aromatic rings. The maximum Gasteiger partial charge on any atom is 0.241 e. The average Bonchev–Trinajstić information content (AvgIpc) is 2.85. The van der Waals surface area contributed by atoms with Crippen LogP contribution in [0.4, 0.5) is 0 Å². The molecule has 2 heterocycles. The maximum absolute atomic E-state index is 5.42. The van der Waals surface area contributed by atoms with Gasteiger partial charge in [-0.3, -0.25) is 4.90 Å². The third kappa shape index (κ3) is 3.51. The fourth-order valence-electron chi connectivity index (χ4n) is 2.45. The van der Waals surface area contributed by atoms with Gasteiger partial charge in [0, 0.05) is 29.2 Å². The minimum Gasteiger partial charge on any atom is -0.338 e. The fraction of sp³-hybridized carbons (Fsp3) is 0.467. The molecular weight excluding hydrogens is 332 g/mol. The highest BCUT2D eigenvalue weighted by Gasteiger charge is 2.25. The van der Waals surface area contributed by atoms with Gasteiger partial charge in [0.1, 0.15) is 0 Å². The lowest BCUT2D eigenvalue weighted by molar-refractivity contribution is 0.122. The van der Waals surface area contributed by atoms with Crippen LogP contribution in [0, 0.1) is 0 Å². The van der Waals surface area contributed by atoms with E-state index in [2.05, 4.69) is 43.2 Å². The van der Waals surface area contributed by atoms with Crippen LogP contribution in [0.5, 0.6) is 0 Å². The summed E-state index contributed by atoms with van der Waals surface area (Å²) in [7, 11) is 0. The summed E-state index contributed by atoms with van der Waals surface area (Å²) < 4.78 is 6.43. The van der Waals surface area contributed by atoms with Gasteiger partial charge in [0.2, 0.25) is 11.7 Å². The van der Waals surface area contributed by atoms with Crippen molar-refractivity contribution >= 4 is 15.9 Å². The number of halogens is 1. The summed E-state index contributed by atoms with van der Waals surface area (Å²) in [6.07, 6.45) is 1.13. The fourth-order valence-corrected chi connectivity index (χ4v) is 2.85. The zero-order valence-electron chi connectivity index (χ0n) is 12.1. The molecule has 1 N–H and O–H groups in total. The largest absolute Gasteiger partial charge is 0.338 e. The first kappa shape index (κ1) is 14.7. The van der Waals surface area contributed by atoms with E-state index in [0.717, 1.165) is 42.6 Å². The van der Waals surface area contributed by atoms with Gasteiger partial charge in [0.05, 0.1) is 6.54 Å². The third-order valence-electron chi connectivity index (χ3n) is 3.68. The first-order valence-electron chi connectivity index (χ1n) is 7.29. The van der Waals surface area contributed by atoms with E-state index in [-0.39, 0.29) is 0 Å². The summed E-state index contributed by atoms with van der Waals surface area (Å²) in [5.41, 5.74) is 0.965. The van der Waals surface area contributed by atoms with Gasteiger partial charge in [-0.25, -0.2) is 0 Å². The van der Waals surface area contributed by atoms with Crippen molar-refractivity contribution in [1.82, 2.24) is 20.4 Å². The number of nitrogens with one attached hydrogen (secondary N) is 1. The van der Waals surface area contributed by atoms with Crippen LogP contribution < -0.4 is 5.32 Å². The number of aromatic nitrogens is 2. The predicted molar refractivity (Wildman–Crippen MR) is 84.8 cm³/mol. The highest BCUT2D eigenvalue weighted by molar-refractivity contribution is 9.10. The molecule has 0 atom stereocenters. The van der Waals surface area contributed by atoms with Crippen LogP contribution in [-0.4, -0.2) is 40.7 Å². The molecule has 21 heavy (non-hydrogen) atoms. The van der Waals surface area contributed by atoms with Crippen LogP contribution >= 0.6 is 15.9 Å². The molecule has 1 aromatic carbocycles. The van der Waals surface area contributed by atoms with E-state index in [1.54, 1.807) is 0 Å². The van der Waals surface area contributed by atoms with Crippen LogP contribution in [-0.2, 0) is 6.54 Å². The summed E-state index contributed by atoms with van der Waals surface area (Å²) in [5, 5.41) is 7.40. The van der Waals surface area contributed by atoms with Gasteiger partial charge in [-0.2, -0.15) is 4.98 Å². The molecule has 1 saturated heterocycles. The molecule has 1 aliphatic rings. The first-order chi connectivity index (χ1) is 10.3. The quantitative estimate of drug-likeness (QED) is 0.867. The molecule has 0 unspecified atom stereocenters. The molecule has 0 bridgehead atoms. The van der Waals surface area contributed by atoms with Crippen molar-refractivity contribution in [1.29, 1.82) is 0 Å². The van der Waals surface area contributed by atoms with Crippen LogP contribution in [0.2, 0.25) is 0 Å². The van der Waals surface area contributed by atoms with Crippen molar-refractivity contribution in [2.24, 2.45) is 0 Å². The summed E-state index contributed by atoms with van der Waals surface area (Å²) in [6, 6.07) is 8.52. The van der Waals surface area contributed by atoms with Crippen molar-refractivity contribution in [2.75, 3.05) is 19.6 Å². The Balaban J connectivity index is 1.71. The standard InChI is InChI=1S/C15H19BrN4O/c1-2-6-20(13-8-17-9-13)10-14-18-15(19-21-14)11-4-3-5-12(16)7-11/h3-5,7,13,17H,2,6,8-10H2,1H3. The van der Waals surface area contributed by atoms with E-state index in [9.17, 15) is 0 Å². The Morgan fingerprint density at radius 3 is 2.95 bits per heavy atom. The van der Waals surface area contributed by atoms with Crippen molar-refractivity contribution in [3.63, 3.8) is 0 Å². The normalized spacial score (nSPS) is 15.4. The highest BCUT2D eigenvalue weighted by Crippen LogP contribution is 2.21. The summed E-state index contributed by atoms with van der Waals surface area (Å²) in [6.45, 7) is 6.07. The van der Waals surface area contributed by atoms with Gasteiger partial charge in [0.15, 0.2) is 0 Å². The van der Waals surface area contributed by atoms with E-state index in [4.69, 9.17) is 4.52 Å². The number of benzene rings is 1. The maximum atomic E-state index is 5.42. The second-order valence-electron chi connectivity index (χ2n) is 5.30. The van der Waals surface area contributed by atoms with E-state index >= 15 is 0 Å². The number of nitrogens with zero attached hydrogens (tertiary/aromatic N) is 3. The molecule has 0 spiro atoms. The van der Waals surface area contributed by atoms with E-state index in [0.29, 0.717) is 17.8 Å². The van der Waals surface area contributed by atoms with Gasteiger partial charge in [-0.15, -0.1) is 0 Å². The minimum atomic E-state index is 0.589. The van der Waals surface area contributed by atoms with Crippen molar-refractivity contribution in [3.8, 4) is 11.4 Å². The van der Waals surface area contributed by atoms with Crippen molar-refractivity contribution in [3.05, 3.63) is 34.6 Å². The molecule has 0 radical (unpaired) electrons. The van der Waals surface area contributed by atoms with Crippen molar-refractivity contribution in [2.45, 2.75) is 25.9 Å². The van der Waals surface area contributed by atoms with Gasteiger partial charge in [0.25, 0.3) is 0 Å². The third-order valence-corrected chi connectivity index (χ3v) is 4.17. The Morgan fingerprint density at radius 1 is 1.43 bits per heavy atom. The predicted octanol–water partition coefficient (Wildman–Crippen LogP) is 2.68. The number of rotatable bonds is 6. The van der Waals surface area contributed by atoms with Crippen LogP contribution in [0.1, 0.15) is 19.2 Å². The van der Waals surface area contributed by atoms with Crippen molar-refractivity contribution < 1.29 is 4.52 Å². The van der Waals surface area contributed by atoms with E-state index in [1.165, 1.54) is 0 Å². The van der Waals surface area contributed by atoms with Crippen LogP contribution in [0.25, 0.3) is 11.4 Å². The number of hydrogen-bond acceptors (Lipinski definition) is 5. The van der Waals surface area contributed by atoms with Gasteiger partial charge in [-0.05, 0) is 25.1 Å². The highest BCUT2D eigenvalue weighted by atomic mass is 79.9. The second kappa shape index (κ2) is 6.68. The lowest BCUT2D eigenvalue weighted by Gasteiger charge is -2.37. The lowest BCUT2D eigenvalue weighted by atomic mass is 10.1. The van der Waals surface area contributed by atoms with E-state index < -0.39 is 0 Å². The Bertz CT molecular complexity index is 597. The second-order valence-corrected chi connectivity index (χ2v) is 6.22. The van der Waals surface area contributed by atoms with Gasteiger partial charge >= 0.3 is 0 Å². The van der Waals surface area contributed by atoms with Crippen LogP contribution in [0.3, 0.4) is 0 Å². The monoisotopic (exact) mass is 350 g/mol. The van der Waals surface area contributed by atoms with E-state index in [1.807, 2.05) is 24.3 Å². The smallest absolute Gasteiger partial charge is 0.241 e. The molecular formula is C15H19BrN4O. The molecule has 1 aromatic heterocycles. The Morgan fingerprint density at radius 2 is 2.29 bits per heavy atom. The minimum absolute atomic E-state index is 0.589. The van der Waals surface area contributed by atoms with Gasteiger partial charge in [-0.1, -0.05) is 40.1 Å². The Labute approximate surface area is 132 Å².